The maximum absolute atomic E-state index is 12.4. The summed E-state index contributed by atoms with van der Waals surface area (Å²) in [6, 6.07) is 0.00345. The Hall–Kier alpha value is 0.180. The zero-order valence-electron chi connectivity index (χ0n) is 12.9. The van der Waals surface area contributed by atoms with Crippen molar-refractivity contribution in [2.24, 2.45) is 5.92 Å². The maximum atomic E-state index is 12.4. The van der Waals surface area contributed by atoms with E-state index in [-0.39, 0.29) is 6.04 Å². The van der Waals surface area contributed by atoms with Gasteiger partial charge in [-0.2, -0.15) is 29.2 Å². The third-order valence-corrected chi connectivity index (χ3v) is 6.21. The van der Waals surface area contributed by atoms with Gasteiger partial charge in [0.15, 0.2) is 0 Å². The minimum absolute atomic E-state index is 0.00345. The molecule has 1 rings (SSSR count). The summed E-state index contributed by atoms with van der Waals surface area (Å²) in [5, 5.41) is 3.14. The molecule has 0 aliphatic carbocycles. The molecule has 1 aliphatic heterocycles. The lowest BCUT2D eigenvalue weighted by Crippen LogP contribution is -2.49. The van der Waals surface area contributed by atoms with E-state index < -0.39 is 10.2 Å². The van der Waals surface area contributed by atoms with Crippen molar-refractivity contribution in [3.63, 3.8) is 0 Å². The largest absolute Gasteiger partial charge is 0.319 e. The van der Waals surface area contributed by atoms with Crippen LogP contribution in [0.1, 0.15) is 33.1 Å². The highest BCUT2D eigenvalue weighted by Crippen LogP contribution is 2.18. The molecule has 2 N–H and O–H groups in total. The second-order valence-corrected chi connectivity index (χ2v) is 8.53. The molecule has 1 fully saturated rings. The summed E-state index contributed by atoms with van der Waals surface area (Å²) in [5.41, 5.74) is 0. The van der Waals surface area contributed by atoms with Crippen LogP contribution in [0.3, 0.4) is 0 Å². The zero-order valence-corrected chi connectivity index (χ0v) is 14.5. The Labute approximate surface area is 128 Å². The summed E-state index contributed by atoms with van der Waals surface area (Å²) >= 11 is 1.85. The van der Waals surface area contributed by atoms with Crippen LogP contribution in [0.5, 0.6) is 0 Å². The van der Waals surface area contributed by atoms with Gasteiger partial charge in [0, 0.05) is 19.1 Å². The van der Waals surface area contributed by atoms with E-state index in [4.69, 9.17) is 0 Å². The third kappa shape index (κ3) is 6.30. The van der Waals surface area contributed by atoms with Crippen molar-refractivity contribution in [3.05, 3.63) is 0 Å². The number of hydrogen-bond acceptors (Lipinski definition) is 4. The maximum Gasteiger partial charge on any atom is 0.279 e. The molecule has 0 aromatic rings. The fourth-order valence-electron chi connectivity index (χ4n) is 2.49. The van der Waals surface area contributed by atoms with Crippen molar-refractivity contribution in [1.82, 2.24) is 14.3 Å². The summed E-state index contributed by atoms with van der Waals surface area (Å²) in [4.78, 5) is 0. The van der Waals surface area contributed by atoms with Gasteiger partial charge in [-0.3, -0.25) is 0 Å². The van der Waals surface area contributed by atoms with E-state index in [1.54, 1.807) is 4.31 Å². The predicted octanol–water partition coefficient (Wildman–Crippen LogP) is 1.28. The first kappa shape index (κ1) is 18.2. The monoisotopic (exact) mass is 323 g/mol. The minimum Gasteiger partial charge on any atom is -0.319 e. The normalized spacial score (nSPS) is 22.9. The molecule has 0 saturated carbocycles. The topological polar surface area (TPSA) is 61.4 Å². The van der Waals surface area contributed by atoms with Crippen molar-refractivity contribution in [3.8, 4) is 0 Å². The van der Waals surface area contributed by atoms with E-state index >= 15 is 0 Å². The van der Waals surface area contributed by atoms with E-state index in [1.807, 2.05) is 25.7 Å². The summed E-state index contributed by atoms with van der Waals surface area (Å²) in [7, 11) is -1.41. The Kier molecular flexibility index (Phi) is 8.43. The van der Waals surface area contributed by atoms with E-state index in [1.165, 1.54) is 0 Å². The lowest BCUT2D eigenvalue weighted by molar-refractivity contribution is 0.259. The fraction of sp³-hybridized carbons (Fsp3) is 1.00. The van der Waals surface area contributed by atoms with Crippen LogP contribution in [-0.4, -0.2) is 57.0 Å². The number of nitrogens with one attached hydrogen (secondary N) is 2. The van der Waals surface area contributed by atoms with Crippen LogP contribution in [0.2, 0.25) is 0 Å². The van der Waals surface area contributed by atoms with Gasteiger partial charge in [0.05, 0.1) is 0 Å². The first-order valence-electron chi connectivity index (χ1n) is 7.49. The summed E-state index contributed by atoms with van der Waals surface area (Å²) in [5.74, 6) is 2.51. The fourth-order valence-corrected chi connectivity index (χ4v) is 4.85. The van der Waals surface area contributed by atoms with Crippen LogP contribution < -0.4 is 10.0 Å². The van der Waals surface area contributed by atoms with E-state index in [0.717, 1.165) is 37.3 Å². The second kappa shape index (κ2) is 9.25. The molecule has 1 saturated heterocycles. The molecule has 20 heavy (non-hydrogen) atoms. The molecule has 5 nitrogen and oxygen atoms in total. The molecule has 0 aromatic heterocycles. The standard InChI is InChI=1S/C13H29N3O2S2/c1-4-19-9-7-12(2)15-20(17,18)16-8-5-6-13(11-16)10-14-3/h12-15H,4-11H2,1-3H3. The van der Waals surface area contributed by atoms with E-state index in [0.29, 0.717) is 19.0 Å². The smallest absolute Gasteiger partial charge is 0.279 e. The van der Waals surface area contributed by atoms with Crippen LogP contribution in [0.15, 0.2) is 0 Å². The predicted molar refractivity (Wildman–Crippen MR) is 87.4 cm³/mol. The molecular weight excluding hydrogens is 294 g/mol. The number of hydrogen-bond donors (Lipinski definition) is 2. The number of thioether (sulfide) groups is 1. The van der Waals surface area contributed by atoms with Crippen LogP contribution in [-0.2, 0) is 10.2 Å². The van der Waals surface area contributed by atoms with Crippen LogP contribution in [0.4, 0.5) is 0 Å². The molecule has 0 aromatic carbocycles. The van der Waals surface area contributed by atoms with Gasteiger partial charge >= 0.3 is 0 Å². The lowest BCUT2D eigenvalue weighted by atomic mass is 10.00. The average Bonchev–Trinajstić information content (AvgIpc) is 2.39. The van der Waals surface area contributed by atoms with Crippen molar-refractivity contribution in [1.29, 1.82) is 0 Å². The van der Waals surface area contributed by atoms with Crippen LogP contribution in [0.25, 0.3) is 0 Å². The molecule has 0 bridgehead atoms. The quantitative estimate of drug-likeness (QED) is 0.628. The second-order valence-electron chi connectivity index (χ2n) is 5.43. The van der Waals surface area contributed by atoms with Gasteiger partial charge in [-0.05, 0) is 57.2 Å². The first-order chi connectivity index (χ1) is 9.49. The Bertz CT molecular complexity index is 361. The molecule has 1 heterocycles. The van der Waals surface area contributed by atoms with Crippen LogP contribution >= 0.6 is 11.8 Å². The summed E-state index contributed by atoms with van der Waals surface area (Å²) in [6.45, 7) is 6.23. The molecule has 2 atom stereocenters. The van der Waals surface area contributed by atoms with E-state index in [9.17, 15) is 8.42 Å². The molecule has 120 valence electrons. The Morgan fingerprint density at radius 1 is 1.45 bits per heavy atom. The Morgan fingerprint density at radius 3 is 2.85 bits per heavy atom. The van der Waals surface area contributed by atoms with Gasteiger partial charge in [-0.1, -0.05) is 6.92 Å². The highest BCUT2D eigenvalue weighted by molar-refractivity contribution is 7.99. The van der Waals surface area contributed by atoms with Gasteiger partial charge in [-0.15, -0.1) is 0 Å². The van der Waals surface area contributed by atoms with Gasteiger partial charge in [0.2, 0.25) is 0 Å². The van der Waals surface area contributed by atoms with E-state index in [2.05, 4.69) is 17.0 Å². The number of piperidine rings is 1. The molecule has 0 amide bonds. The highest BCUT2D eigenvalue weighted by atomic mass is 32.2. The summed E-state index contributed by atoms with van der Waals surface area (Å²) in [6.07, 6.45) is 2.94. The SMILES string of the molecule is CCSCCC(C)NS(=O)(=O)N1CCCC(CNC)C1. The number of nitrogens with zero attached hydrogens (tertiary/aromatic N) is 1. The number of rotatable bonds is 9. The van der Waals surface area contributed by atoms with Crippen molar-refractivity contribution >= 4 is 22.0 Å². The highest BCUT2D eigenvalue weighted by Gasteiger charge is 2.29. The Morgan fingerprint density at radius 2 is 2.20 bits per heavy atom. The van der Waals surface area contributed by atoms with Crippen molar-refractivity contribution < 1.29 is 8.42 Å². The molecule has 0 radical (unpaired) electrons. The first-order valence-corrected chi connectivity index (χ1v) is 10.1. The van der Waals surface area contributed by atoms with Crippen molar-refractivity contribution in [2.45, 2.75) is 39.2 Å². The Balaban J connectivity index is 2.46. The minimum atomic E-state index is -3.32. The molecule has 1 aliphatic rings. The van der Waals surface area contributed by atoms with Gasteiger partial charge in [0.1, 0.15) is 0 Å². The lowest BCUT2D eigenvalue weighted by Gasteiger charge is -2.32. The third-order valence-electron chi connectivity index (χ3n) is 3.56. The molecule has 2 unspecified atom stereocenters. The molecular formula is C13H29N3O2S2. The molecule has 0 spiro atoms. The van der Waals surface area contributed by atoms with Crippen LogP contribution in [0, 0.1) is 5.92 Å². The zero-order chi connectivity index (χ0) is 15.0. The summed E-state index contributed by atoms with van der Waals surface area (Å²) < 4.78 is 29.2. The van der Waals surface area contributed by atoms with Gasteiger partial charge < -0.3 is 5.32 Å². The van der Waals surface area contributed by atoms with Gasteiger partial charge in [-0.25, -0.2) is 0 Å². The molecule has 7 heteroatoms. The van der Waals surface area contributed by atoms with Crippen molar-refractivity contribution in [2.75, 3.05) is 38.2 Å². The van der Waals surface area contributed by atoms with Gasteiger partial charge in [0.25, 0.3) is 10.2 Å². The average molecular weight is 324 g/mol.